The summed E-state index contributed by atoms with van der Waals surface area (Å²) >= 11 is 7.46. The maximum absolute atomic E-state index is 13.4. The summed E-state index contributed by atoms with van der Waals surface area (Å²) in [5, 5.41) is 9.27. The highest BCUT2D eigenvalue weighted by Gasteiger charge is 2.16. The minimum atomic E-state index is -0.224. The molecule has 0 unspecified atom stereocenters. The predicted molar refractivity (Wildman–Crippen MR) is 145 cm³/mol. The summed E-state index contributed by atoms with van der Waals surface area (Å²) < 4.78 is 0. The number of fused-ring (bicyclic) bond motifs is 2. The highest BCUT2D eigenvalue weighted by atomic mass is 35.5. The number of pyridine rings is 1. The van der Waals surface area contributed by atoms with Gasteiger partial charge in [0.2, 0.25) is 0 Å². The fourth-order valence-electron chi connectivity index (χ4n) is 4.11. The molecule has 6 rings (SSSR count). The third-order valence-corrected chi connectivity index (χ3v) is 6.88. The Hall–Kier alpha value is -4.06. The Morgan fingerprint density at radius 2 is 1.49 bits per heavy atom. The lowest BCUT2D eigenvalue weighted by molar-refractivity contribution is 0.102. The molecule has 1 N–H and O–H groups in total. The van der Waals surface area contributed by atoms with Crippen LogP contribution in [0.2, 0.25) is 5.02 Å². The number of para-hydroxylation sites is 1. The van der Waals surface area contributed by atoms with E-state index >= 15 is 0 Å². The Kier molecular flexibility index (Phi) is 5.49. The monoisotopic (exact) mass is 491 g/mol. The first-order valence-electron chi connectivity index (χ1n) is 11.1. The van der Waals surface area contributed by atoms with E-state index in [0.717, 1.165) is 33.1 Å². The van der Waals surface area contributed by atoms with Crippen LogP contribution in [0.15, 0.2) is 102 Å². The van der Waals surface area contributed by atoms with Crippen molar-refractivity contribution in [2.75, 3.05) is 5.32 Å². The SMILES string of the molecule is O=C(Nc1nc(-c2ccc3ccccc3c2)cs1)c1cc(-c2ccc(Cl)cc2)nc2ccccc12. The van der Waals surface area contributed by atoms with E-state index in [9.17, 15) is 4.79 Å². The number of aromatic nitrogens is 2. The first kappa shape index (κ1) is 21.5. The van der Waals surface area contributed by atoms with Crippen molar-refractivity contribution in [3.05, 3.63) is 113 Å². The summed E-state index contributed by atoms with van der Waals surface area (Å²) in [7, 11) is 0. The Bertz CT molecular complexity index is 1710. The molecular weight excluding hydrogens is 474 g/mol. The van der Waals surface area contributed by atoms with Crippen LogP contribution in [-0.4, -0.2) is 15.9 Å². The fraction of sp³-hybridized carbons (Fsp3) is 0. The molecule has 2 aromatic heterocycles. The van der Waals surface area contributed by atoms with E-state index < -0.39 is 0 Å². The maximum Gasteiger partial charge on any atom is 0.258 e. The normalized spacial score (nSPS) is 11.1. The number of hydrogen-bond acceptors (Lipinski definition) is 4. The summed E-state index contributed by atoms with van der Waals surface area (Å²) in [5.74, 6) is -0.224. The van der Waals surface area contributed by atoms with Crippen molar-refractivity contribution in [1.82, 2.24) is 9.97 Å². The van der Waals surface area contributed by atoms with Gasteiger partial charge >= 0.3 is 0 Å². The molecule has 0 fully saturated rings. The van der Waals surface area contributed by atoms with Gasteiger partial charge in [0.05, 0.1) is 22.5 Å². The lowest BCUT2D eigenvalue weighted by atomic mass is 10.0. The van der Waals surface area contributed by atoms with Crippen molar-refractivity contribution in [3.63, 3.8) is 0 Å². The van der Waals surface area contributed by atoms with Crippen molar-refractivity contribution < 1.29 is 4.79 Å². The van der Waals surface area contributed by atoms with Crippen molar-refractivity contribution in [1.29, 1.82) is 0 Å². The summed E-state index contributed by atoms with van der Waals surface area (Å²) in [5.41, 5.74) is 4.74. The van der Waals surface area contributed by atoms with Crippen molar-refractivity contribution in [2.45, 2.75) is 0 Å². The van der Waals surface area contributed by atoms with Crippen LogP contribution in [0.4, 0.5) is 5.13 Å². The minimum absolute atomic E-state index is 0.224. The number of nitrogens with one attached hydrogen (secondary N) is 1. The standard InChI is InChI=1S/C29H18ClN3OS/c30-22-13-11-19(12-14-22)26-16-24(23-7-3-4-8-25(23)31-26)28(34)33-29-32-27(17-35-29)21-10-9-18-5-1-2-6-20(18)15-21/h1-17H,(H,32,33,34). The molecular formula is C29H18ClN3OS. The van der Waals surface area contributed by atoms with Crippen LogP contribution < -0.4 is 5.32 Å². The molecule has 6 aromatic rings. The number of halogens is 1. The molecule has 4 aromatic carbocycles. The second kappa shape index (κ2) is 8.95. The van der Waals surface area contributed by atoms with Gasteiger partial charge in [-0.05, 0) is 41.1 Å². The Balaban J connectivity index is 1.33. The van der Waals surface area contributed by atoms with E-state index in [4.69, 9.17) is 16.6 Å². The molecule has 0 radical (unpaired) electrons. The number of rotatable bonds is 4. The second-order valence-corrected chi connectivity index (χ2v) is 9.43. The molecule has 0 spiro atoms. The van der Waals surface area contributed by atoms with Crippen LogP contribution in [0.3, 0.4) is 0 Å². The number of anilines is 1. The molecule has 2 heterocycles. The van der Waals surface area contributed by atoms with Gasteiger partial charge in [-0.1, -0.05) is 78.3 Å². The maximum atomic E-state index is 13.4. The van der Waals surface area contributed by atoms with Gasteiger partial charge in [-0.15, -0.1) is 11.3 Å². The van der Waals surface area contributed by atoms with E-state index in [1.54, 1.807) is 0 Å². The van der Waals surface area contributed by atoms with Gasteiger partial charge in [0.15, 0.2) is 5.13 Å². The summed E-state index contributed by atoms with van der Waals surface area (Å²) in [6.07, 6.45) is 0. The number of thiazole rings is 1. The topological polar surface area (TPSA) is 54.9 Å². The lowest BCUT2D eigenvalue weighted by Crippen LogP contribution is -2.13. The van der Waals surface area contributed by atoms with E-state index in [1.807, 2.05) is 72.1 Å². The molecule has 168 valence electrons. The zero-order valence-electron chi connectivity index (χ0n) is 18.4. The van der Waals surface area contributed by atoms with Gasteiger partial charge in [0, 0.05) is 26.9 Å². The molecule has 35 heavy (non-hydrogen) atoms. The van der Waals surface area contributed by atoms with Crippen LogP contribution in [0, 0.1) is 0 Å². The average Bonchev–Trinajstić information content (AvgIpc) is 3.36. The number of carbonyl (C=O) groups excluding carboxylic acids is 1. The van der Waals surface area contributed by atoms with Crippen molar-refractivity contribution in [3.8, 4) is 22.5 Å². The molecule has 4 nitrogen and oxygen atoms in total. The smallest absolute Gasteiger partial charge is 0.258 e. The molecule has 1 amide bonds. The van der Waals surface area contributed by atoms with Crippen LogP contribution >= 0.6 is 22.9 Å². The van der Waals surface area contributed by atoms with Gasteiger partial charge < -0.3 is 0 Å². The summed E-state index contributed by atoms with van der Waals surface area (Å²) in [4.78, 5) is 22.8. The lowest BCUT2D eigenvalue weighted by Gasteiger charge is -2.10. The van der Waals surface area contributed by atoms with Crippen LogP contribution in [-0.2, 0) is 0 Å². The number of carbonyl (C=O) groups is 1. The molecule has 0 atom stereocenters. The van der Waals surface area contributed by atoms with Crippen molar-refractivity contribution >= 4 is 55.7 Å². The number of amides is 1. The summed E-state index contributed by atoms with van der Waals surface area (Å²) in [6, 6.07) is 31.4. The van der Waals surface area contributed by atoms with Crippen LogP contribution in [0.5, 0.6) is 0 Å². The molecule has 0 aliphatic heterocycles. The van der Waals surface area contributed by atoms with Crippen molar-refractivity contribution in [2.24, 2.45) is 0 Å². The molecule has 0 saturated carbocycles. The quantitative estimate of drug-likeness (QED) is 0.271. The molecule has 0 bridgehead atoms. The van der Waals surface area contributed by atoms with E-state index in [2.05, 4.69) is 40.6 Å². The van der Waals surface area contributed by atoms with E-state index in [1.165, 1.54) is 16.7 Å². The molecule has 0 aliphatic rings. The van der Waals surface area contributed by atoms with Crippen LogP contribution in [0.25, 0.3) is 44.2 Å². The number of hydrogen-bond donors (Lipinski definition) is 1. The minimum Gasteiger partial charge on any atom is -0.298 e. The van der Waals surface area contributed by atoms with Gasteiger partial charge in [-0.3, -0.25) is 10.1 Å². The third-order valence-electron chi connectivity index (χ3n) is 5.87. The summed E-state index contributed by atoms with van der Waals surface area (Å²) in [6.45, 7) is 0. The highest BCUT2D eigenvalue weighted by molar-refractivity contribution is 7.14. The fourth-order valence-corrected chi connectivity index (χ4v) is 4.95. The predicted octanol–water partition coefficient (Wildman–Crippen LogP) is 8.08. The van der Waals surface area contributed by atoms with E-state index in [-0.39, 0.29) is 5.91 Å². The molecule has 0 saturated heterocycles. The zero-order chi connectivity index (χ0) is 23.8. The van der Waals surface area contributed by atoms with Gasteiger partial charge in [0.1, 0.15) is 0 Å². The van der Waals surface area contributed by atoms with Gasteiger partial charge in [0.25, 0.3) is 5.91 Å². The number of nitrogens with zero attached hydrogens (tertiary/aromatic N) is 2. The van der Waals surface area contributed by atoms with Gasteiger partial charge in [-0.2, -0.15) is 0 Å². The largest absolute Gasteiger partial charge is 0.298 e. The Labute approximate surface area is 210 Å². The van der Waals surface area contributed by atoms with Crippen LogP contribution in [0.1, 0.15) is 10.4 Å². The molecule has 6 heteroatoms. The third kappa shape index (κ3) is 4.28. The second-order valence-electron chi connectivity index (χ2n) is 8.13. The first-order chi connectivity index (χ1) is 17.1. The van der Waals surface area contributed by atoms with Gasteiger partial charge in [-0.25, -0.2) is 9.97 Å². The van der Waals surface area contributed by atoms with E-state index in [0.29, 0.717) is 21.4 Å². The first-order valence-corrected chi connectivity index (χ1v) is 12.3. The average molecular weight is 492 g/mol. The Morgan fingerprint density at radius 1 is 0.743 bits per heavy atom. The Morgan fingerprint density at radius 3 is 2.34 bits per heavy atom. The number of benzene rings is 4. The molecule has 0 aliphatic carbocycles. The zero-order valence-corrected chi connectivity index (χ0v) is 20.0. The highest BCUT2D eigenvalue weighted by Crippen LogP contribution is 2.30.